The first kappa shape index (κ1) is 17.9. The van der Waals surface area contributed by atoms with Crippen LogP contribution in [-0.2, 0) is 0 Å². The number of hydrogen-bond acceptors (Lipinski definition) is 4. The Morgan fingerprint density at radius 2 is 1.77 bits per heavy atom. The lowest BCUT2D eigenvalue weighted by molar-refractivity contribution is 0.0987. The van der Waals surface area contributed by atoms with Crippen molar-refractivity contribution in [2.24, 2.45) is 0 Å². The number of anilines is 3. The van der Waals surface area contributed by atoms with E-state index in [0.29, 0.717) is 23.1 Å². The fraction of sp³-hybridized carbons (Fsp3) is 0.150. The number of halogens is 1. The van der Waals surface area contributed by atoms with Crippen LogP contribution in [0.2, 0.25) is 5.02 Å². The Kier molecular flexibility index (Phi) is 5.49. The molecular formula is C20H19ClN4O. The van der Waals surface area contributed by atoms with E-state index in [-0.39, 0.29) is 5.91 Å². The molecule has 1 aromatic heterocycles. The summed E-state index contributed by atoms with van der Waals surface area (Å²) in [6.45, 7) is 4.41. The van der Waals surface area contributed by atoms with Gasteiger partial charge >= 0.3 is 0 Å². The largest absolute Gasteiger partial charge is 0.324 e. The van der Waals surface area contributed by atoms with Crippen molar-refractivity contribution in [1.82, 2.24) is 9.97 Å². The molecule has 1 heterocycles. The highest BCUT2D eigenvalue weighted by Crippen LogP contribution is 2.25. The van der Waals surface area contributed by atoms with Crippen molar-refractivity contribution in [3.8, 4) is 0 Å². The van der Waals surface area contributed by atoms with Crippen LogP contribution < -0.4 is 10.2 Å². The molecule has 2 aromatic carbocycles. The van der Waals surface area contributed by atoms with Crippen LogP contribution in [0.4, 0.5) is 17.3 Å². The highest BCUT2D eigenvalue weighted by molar-refractivity contribution is 6.31. The number of hydrogen-bond donors (Lipinski definition) is 1. The third kappa shape index (κ3) is 3.83. The fourth-order valence-electron chi connectivity index (χ4n) is 2.57. The van der Waals surface area contributed by atoms with Gasteiger partial charge in [-0.2, -0.15) is 0 Å². The molecular weight excluding hydrogens is 348 g/mol. The predicted molar refractivity (Wildman–Crippen MR) is 105 cm³/mol. The van der Waals surface area contributed by atoms with Crippen molar-refractivity contribution in [3.05, 3.63) is 77.1 Å². The summed E-state index contributed by atoms with van der Waals surface area (Å²) in [7, 11) is 0. The van der Waals surface area contributed by atoms with Gasteiger partial charge in [0.2, 0.25) is 5.95 Å². The van der Waals surface area contributed by atoms with Gasteiger partial charge in [-0.1, -0.05) is 35.9 Å². The molecule has 0 aliphatic heterocycles. The van der Waals surface area contributed by atoms with E-state index in [2.05, 4.69) is 15.3 Å². The molecule has 0 aliphatic rings. The van der Waals surface area contributed by atoms with E-state index < -0.39 is 0 Å². The summed E-state index contributed by atoms with van der Waals surface area (Å²) in [5.74, 6) is 0.277. The molecule has 1 N–H and O–H groups in total. The molecule has 3 aromatic rings. The van der Waals surface area contributed by atoms with Crippen LogP contribution in [0.1, 0.15) is 22.8 Å². The first-order valence-corrected chi connectivity index (χ1v) is 8.69. The van der Waals surface area contributed by atoms with Gasteiger partial charge in [-0.25, -0.2) is 9.97 Å². The number of rotatable bonds is 5. The predicted octanol–water partition coefficient (Wildman–Crippen LogP) is 4.85. The molecule has 0 aliphatic carbocycles. The van der Waals surface area contributed by atoms with Crippen molar-refractivity contribution in [1.29, 1.82) is 0 Å². The van der Waals surface area contributed by atoms with Crippen molar-refractivity contribution in [2.45, 2.75) is 13.8 Å². The van der Waals surface area contributed by atoms with Crippen LogP contribution in [0.5, 0.6) is 0 Å². The number of benzene rings is 2. The fourth-order valence-corrected chi connectivity index (χ4v) is 2.75. The molecule has 0 atom stereocenters. The van der Waals surface area contributed by atoms with Gasteiger partial charge in [0.25, 0.3) is 5.91 Å². The normalized spacial score (nSPS) is 10.4. The minimum Gasteiger partial charge on any atom is -0.324 e. The maximum Gasteiger partial charge on any atom is 0.261 e. The number of amides is 1. The first-order valence-electron chi connectivity index (χ1n) is 8.31. The molecule has 0 saturated heterocycles. The van der Waals surface area contributed by atoms with E-state index in [9.17, 15) is 4.79 Å². The van der Waals surface area contributed by atoms with E-state index in [1.54, 1.807) is 4.90 Å². The van der Waals surface area contributed by atoms with Gasteiger partial charge in [0, 0.05) is 35.3 Å². The van der Waals surface area contributed by atoms with Crippen LogP contribution >= 0.6 is 11.6 Å². The number of carbonyl (C=O) groups is 1. The molecule has 5 nitrogen and oxygen atoms in total. The second-order valence-electron chi connectivity index (χ2n) is 5.72. The van der Waals surface area contributed by atoms with E-state index in [4.69, 9.17) is 11.6 Å². The average Bonchev–Trinajstić information content (AvgIpc) is 2.67. The summed E-state index contributed by atoms with van der Waals surface area (Å²) in [6, 6.07) is 15.1. The SMILES string of the molecule is CCN(C(=O)c1cnc(Nc2cccc(Cl)c2C)nc1)c1ccccc1. The lowest BCUT2D eigenvalue weighted by Crippen LogP contribution is -2.30. The Balaban J connectivity index is 1.78. The van der Waals surface area contributed by atoms with Crippen LogP contribution in [-0.4, -0.2) is 22.4 Å². The van der Waals surface area contributed by atoms with E-state index >= 15 is 0 Å². The summed E-state index contributed by atoms with van der Waals surface area (Å²) >= 11 is 6.12. The molecule has 0 unspecified atom stereocenters. The molecule has 0 fully saturated rings. The molecule has 0 bridgehead atoms. The Hall–Kier alpha value is -2.92. The molecule has 3 rings (SSSR count). The Morgan fingerprint density at radius 3 is 2.42 bits per heavy atom. The molecule has 1 amide bonds. The van der Waals surface area contributed by atoms with Gasteiger partial charge in [-0.3, -0.25) is 4.79 Å². The third-order valence-corrected chi connectivity index (χ3v) is 4.45. The van der Waals surface area contributed by atoms with Crippen molar-refractivity contribution in [3.63, 3.8) is 0 Å². The van der Waals surface area contributed by atoms with Gasteiger partial charge in [-0.15, -0.1) is 0 Å². The molecule has 0 spiro atoms. The van der Waals surface area contributed by atoms with Gasteiger partial charge in [0.1, 0.15) is 0 Å². The minimum absolute atomic E-state index is 0.135. The van der Waals surface area contributed by atoms with E-state index in [1.165, 1.54) is 12.4 Å². The summed E-state index contributed by atoms with van der Waals surface area (Å²) < 4.78 is 0. The Labute approximate surface area is 157 Å². The van der Waals surface area contributed by atoms with Crippen LogP contribution in [0.25, 0.3) is 0 Å². The molecule has 132 valence electrons. The molecule has 0 radical (unpaired) electrons. The zero-order valence-electron chi connectivity index (χ0n) is 14.6. The number of carbonyl (C=O) groups excluding carboxylic acids is 1. The van der Waals surface area contributed by atoms with Crippen LogP contribution in [0, 0.1) is 6.92 Å². The van der Waals surface area contributed by atoms with Crippen molar-refractivity contribution in [2.75, 3.05) is 16.8 Å². The number of aromatic nitrogens is 2. The summed E-state index contributed by atoms with van der Waals surface area (Å²) in [6.07, 6.45) is 3.06. The monoisotopic (exact) mass is 366 g/mol. The summed E-state index contributed by atoms with van der Waals surface area (Å²) in [4.78, 5) is 23.0. The van der Waals surface area contributed by atoms with E-state index in [0.717, 1.165) is 16.9 Å². The second kappa shape index (κ2) is 7.97. The second-order valence-corrected chi connectivity index (χ2v) is 6.12. The van der Waals surface area contributed by atoms with Crippen LogP contribution in [0.15, 0.2) is 60.9 Å². The standard InChI is InChI=1S/C20H19ClN4O/c1-3-25(16-8-5-4-6-9-16)19(26)15-12-22-20(23-13-15)24-18-11-7-10-17(21)14(18)2/h4-13H,3H2,1-2H3,(H,22,23,24). The average molecular weight is 367 g/mol. The Morgan fingerprint density at radius 1 is 1.08 bits per heavy atom. The van der Waals surface area contributed by atoms with Gasteiger partial charge < -0.3 is 10.2 Å². The Bertz CT molecular complexity index is 897. The van der Waals surface area contributed by atoms with Gasteiger partial charge in [0.05, 0.1) is 5.56 Å². The van der Waals surface area contributed by atoms with Gasteiger partial charge in [0.15, 0.2) is 0 Å². The van der Waals surface area contributed by atoms with E-state index in [1.807, 2.05) is 62.4 Å². The number of para-hydroxylation sites is 1. The maximum atomic E-state index is 12.8. The molecule has 26 heavy (non-hydrogen) atoms. The molecule has 6 heteroatoms. The minimum atomic E-state index is -0.135. The first-order chi connectivity index (χ1) is 12.6. The summed E-state index contributed by atoms with van der Waals surface area (Å²) in [5, 5.41) is 3.79. The topological polar surface area (TPSA) is 58.1 Å². The quantitative estimate of drug-likeness (QED) is 0.701. The highest BCUT2D eigenvalue weighted by Gasteiger charge is 2.17. The van der Waals surface area contributed by atoms with Crippen LogP contribution in [0.3, 0.4) is 0 Å². The number of nitrogens with zero attached hydrogens (tertiary/aromatic N) is 3. The zero-order valence-corrected chi connectivity index (χ0v) is 15.4. The van der Waals surface area contributed by atoms with Crippen molar-refractivity contribution >= 4 is 34.8 Å². The smallest absolute Gasteiger partial charge is 0.261 e. The van der Waals surface area contributed by atoms with Gasteiger partial charge in [-0.05, 0) is 43.7 Å². The number of nitrogens with one attached hydrogen (secondary N) is 1. The molecule has 0 saturated carbocycles. The zero-order chi connectivity index (χ0) is 18.5. The maximum absolute atomic E-state index is 12.8. The lowest BCUT2D eigenvalue weighted by Gasteiger charge is -2.20. The van der Waals surface area contributed by atoms with Crippen molar-refractivity contribution < 1.29 is 4.79 Å². The summed E-state index contributed by atoms with van der Waals surface area (Å²) in [5.41, 5.74) is 3.02. The lowest BCUT2D eigenvalue weighted by atomic mass is 10.2. The highest BCUT2D eigenvalue weighted by atomic mass is 35.5. The third-order valence-electron chi connectivity index (χ3n) is 4.04.